The van der Waals surface area contributed by atoms with Gasteiger partial charge in [0, 0.05) is 5.33 Å². The average molecular weight is 347 g/mol. The minimum absolute atomic E-state index is 0.143. The van der Waals surface area contributed by atoms with E-state index in [-0.39, 0.29) is 5.60 Å². The molecule has 1 unspecified atom stereocenters. The third-order valence-corrected chi connectivity index (χ3v) is 6.15. The van der Waals surface area contributed by atoms with Crippen LogP contribution in [0.3, 0.4) is 0 Å². The molecule has 1 fully saturated rings. The smallest absolute Gasteiger partial charge is 0.0779 e. The highest BCUT2D eigenvalue weighted by molar-refractivity contribution is 9.09. The van der Waals surface area contributed by atoms with Crippen LogP contribution in [-0.2, 0) is 4.74 Å². The molecule has 1 nitrogen and oxygen atoms in total. The maximum atomic E-state index is 6.45. The fourth-order valence-corrected chi connectivity index (χ4v) is 4.13. The first-order valence-corrected chi connectivity index (χ1v) is 10.0. The van der Waals surface area contributed by atoms with Crippen LogP contribution in [-0.4, -0.2) is 17.5 Å². The van der Waals surface area contributed by atoms with Gasteiger partial charge in [-0.2, -0.15) is 0 Å². The lowest BCUT2D eigenvalue weighted by molar-refractivity contribution is -0.0753. The highest BCUT2D eigenvalue weighted by atomic mass is 79.9. The second kappa shape index (κ2) is 10.2. The third-order valence-electron chi connectivity index (χ3n) is 5.13. The Labute approximate surface area is 135 Å². The summed E-state index contributed by atoms with van der Waals surface area (Å²) in [4.78, 5) is 0. The second-order valence-electron chi connectivity index (χ2n) is 6.78. The SMILES string of the molecule is CCCCC(CC)COC1(CBr)CCC(CCC)CC1. The van der Waals surface area contributed by atoms with E-state index in [4.69, 9.17) is 4.74 Å². The first kappa shape index (κ1) is 18.5. The zero-order chi connectivity index (χ0) is 14.8. The van der Waals surface area contributed by atoms with Gasteiger partial charge in [-0.15, -0.1) is 0 Å². The molecule has 1 saturated carbocycles. The van der Waals surface area contributed by atoms with Crippen LogP contribution in [0.25, 0.3) is 0 Å². The van der Waals surface area contributed by atoms with Crippen molar-refractivity contribution in [2.45, 2.75) is 90.6 Å². The quantitative estimate of drug-likeness (QED) is 0.419. The van der Waals surface area contributed by atoms with Gasteiger partial charge in [0.2, 0.25) is 0 Å². The van der Waals surface area contributed by atoms with E-state index in [9.17, 15) is 0 Å². The molecule has 120 valence electrons. The van der Waals surface area contributed by atoms with Crippen molar-refractivity contribution in [2.24, 2.45) is 11.8 Å². The molecule has 0 aromatic heterocycles. The van der Waals surface area contributed by atoms with E-state index in [1.165, 1.54) is 64.2 Å². The van der Waals surface area contributed by atoms with Gasteiger partial charge in [0.1, 0.15) is 0 Å². The van der Waals surface area contributed by atoms with Crippen molar-refractivity contribution < 1.29 is 4.74 Å². The van der Waals surface area contributed by atoms with Gasteiger partial charge in [-0.1, -0.05) is 68.8 Å². The zero-order valence-corrected chi connectivity index (χ0v) is 15.5. The summed E-state index contributed by atoms with van der Waals surface area (Å²) in [5.74, 6) is 1.72. The van der Waals surface area contributed by atoms with Crippen molar-refractivity contribution in [3.8, 4) is 0 Å². The van der Waals surface area contributed by atoms with E-state index in [2.05, 4.69) is 36.7 Å². The summed E-state index contributed by atoms with van der Waals surface area (Å²) in [6.45, 7) is 7.87. The summed E-state index contributed by atoms with van der Waals surface area (Å²) in [6.07, 6.45) is 13.2. The summed E-state index contributed by atoms with van der Waals surface area (Å²) in [7, 11) is 0. The number of hydrogen-bond donors (Lipinski definition) is 0. The lowest BCUT2D eigenvalue weighted by Crippen LogP contribution is -2.40. The van der Waals surface area contributed by atoms with E-state index in [1.807, 2.05) is 0 Å². The van der Waals surface area contributed by atoms with Gasteiger partial charge in [0.05, 0.1) is 12.2 Å². The number of alkyl halides is 1. The molecule has 0 radical (unpaired) electrons. The third kappa shape index (κ3) is 6.05. The topological polar surface area (TPSA) is 9.23 Å². The molecule has 0 N–H and O–H groups in total. The Kier molecular flexibility index (Phi) is 9.44. The Hall–Kier alpha value is 0.440. The summed E-state index contributed by atoms with van der Waals surface area (Å²) < 4.78 is 6.45. The van der Waals surface area contributed by atoms with E-state index in [0.717, 1.165) is 23.8 Å². The molecule has 0 heterocycles. The fraction of sp³-hybridized carbons (Fsp3) is 1.00. The molecule has 0 aromatic carbocycles. The van der Waals surface area contributed by atoms with Crippen LogP contribution < -0.4 is 0 Å². The van der Waals surface area contributed by atoms with Crippen LogP contribution in [0.5, 0.6) is 0 Å². The van der Waals surface area contributed by atoms with Gasteiger partial charge in [-0.3, -0.25) is 0 Å². The summed E-state index contributed by atoms with van der Waals surface area (Å²) in [6, 6.07) is 0. The maximum absolute atomic E-state index is 6.45. The van der Waals surface area contributed by atoms with Crippen LogP contribution in [0.1, 0.15) is 85.0 Å². The predicted molar refractivity (Wildman–Crippen MR) is 92.6 cm³/mol. The summed E-state index contributed by atoms with van der Waals surface area (Å²) >= 11 is 3.73. The second-order valence-corrected chi connectivity index (χ2v) is 7.34. The van der Waals surface area contributed by atoms with Crippen LogP contribution in [0, 0.1) is 11.8 Å². The first-order chi connectivity index (χ1) is 9.69. The van der Waals surface area contributed by atoms with Gasteiger partial charge in [-0.25, -0.2) is 0 Å². The Bertz CT molecular complexity index is 234. The molecule has 0 saturated heterocycles. The molecule has 20 heavy (non-hydrogen) atoms. The van der Waals surface area contributed by atoms with Crippen LogP contribution in [0.4, 0.5) is 0 Å². The molecule has 0 spiro atoms. The normalized spacial score (nSPS) is 28.5. The van der Waals surface area contributed by atoms with Crippen LogP contribution >= 0.6 is 15.9 Å². The molecule has 1 aliphatic rings. The largest absolute Gasteiger partial charge is 0.374 e. The van der Waals surface area contributed by atoms with Crippen molar-refractivity contribution >= 4 is 15.9 Å². The first-order valence-electron chi connectivity index (χ1n) is 8.89. The Morgan fingerprint density at radius 2 is 1.85 bits per heavy atom. The monoisotopic (exact) mass is 346 g/mol. The molecular weight excluding hydrogens is 312 g/mol. The predicted octanol–water partition coefficient (Wildman–Crippen LogP) is 6.34. The molecule has 0 bridgehead atoms. The van der Waals surface area contributed by atoms with E-state index in [0.29, 0.717) is 0 Å². The molecule has 0 aromatic rings. The lowest BCUT2D eigenvalue weighted by atomic mass is 9.78. The zero-order valence-electron chi connectivity index (χ0n) is 13.9. The summed E-state index contributed by atoms with van der Waals surface area (Å²) in [5, 5.41) is 1.02. The van der Waals surface area contributed by atoms with Crippen molar-refractivity contribution in [2.75, 3.05) is 11.9 Å². The number of unbranched alkanes of at least 4 members (excludes halogenated alkanes) is 1. The Morgan fingerprint density at radius 1 is 1.15 bits per heavy atom. The lowest BCUT2D eigenvalue weighted by Gasteiger charge is -2.40. The number of rotatable bonds is 10. The molecule has 1 aliphatic carbocycles. The number of ether oxygens (including phenoxy) is 1. The fourth-order valence-electron chi connectivity index (χ4n) is 3.41. The van der Waals surface area contributed by atoms with Gasteiger partial charge in [0.15, 0.2) is 0 Å². The Morgan fingerprint density at radius 3 is 2.35 bits per heavy atom. The van der Waals surface area contributed by atoms with E-state index >= 15 is 0 Å². The minimum Gasteiger partial charge on any atom is -0.374 e. The molecule has 1 atom stereocenters. The molecule has 2 heteroatoms. The highest BCUT2D eigenvalue weighted by Gasteiger charge is 2.35. The number of halogens is 1. The van der Waals surface area contributed by atoms with Gasteiger partial charge < -0.3 is 4.74 Å². The molecule has 1 rings (SSSR count). The standard InChI is InChI=1S/C18H35BrO/c1-4-7-9-16(6-3)14-20-18(15-19)12-10-17(8-5-2)11-13-18/h16-17H,4-15H2,1-3H3. The van der Waals surface area contributed by atoms with Crippen molar-refractivity contribution in [3.05, 3.63) is 0 Å². The van der Waals surface area contributed by atoms with Crippen LogP contribution in [0.2, 0.25) is 0 Å². The van der Waals surface area contributed by atoms with E-state index in [1.54, 1.807) is 0 Å². The van der Waals surface area contributed by atoms with Crippen molar-refractivity contribution in [1.82, 2.24) is 0 Å². The maximum Gasteiger partial charge on any atom is 0.0779 e. The minimum atomic E-state index is 0.143. The van der Waals surface area contributed by atoms with Gasteiger partial charge >= 0.3 is 0 Å². The molecule has 0 amide bonds. The molecule has 0 aliphatic heterocycles. The van der Waals surface area contributed by atoms with Crippen LogP contribution in [0.15, 0.2) is 0 Å². The van der Waals surface area contributed by atoms with Crippen molar-refractivity contribution in [3.63, 3.8) is 0 Å². The van der Waals surface area contributed by atoms with Gasteiger partial charge in [-0.05, 0) is 43.9 Å². The average Bonchev–Trinajstić information content (AvgIpc) is 2.49. The Balaban J connectivity index is 2.38. The highest BCUT2D eigenvalue weighted by Crippen LogP contribution is 2.38. The molecular formula is C18H35BrO. The van der Waals surface area contributed by atoms with Gasteiger partial charge in [0.25, 0.3) is 0 Å². The van der Waals surface area contributed by atoms with E-state index < -0.39 is 0 Å². The van der Waals surface area contributed by atoms with Crippen molar-refractivity contribution in [1.29, 1.82) is 0 Å². The number of hydrogen-bond acceptors (Lipinski definition) is 1. The summed E-state index contributed by atoms with van der Waals surface area (Å²) in [5.41, 5.74) is 0.143.